The van der Waals surface area contributed by atoms with E-state index in [9.17, 15) is 0 Å². The lowest BCUT2D eigenvalue weighted by Crippen LogP contribution is -2.27. The zero-order valence-corrected chi connectivity index (χ0v) is 11.7. The number of rotatable bonds is 5. The third kappa shape index (κ3) is 3.02. The predicted molar refractivity (Wildman–Crippen MR) is 73.8 cm³/mol. The van der Waals surface area contributed by atoms with E-state index >= 15 is 0 Å². The van der Waals surface area contributed by atoms with E-state index < -0.39 is 0 Å². The summed E-state index contributed by atoms with van der Waals surface area (Å²) in [5.41, 5.74) is 1.26. The van der Waals surface area contributed by atoms with Gasteiger partial charge in [0.2, 0.25) is 5.88 Å². The second kappa shape index (κ2) is 6.19. The molecule has 0 amide bonds. The Hall–Kier alpha value is -1.09. The molecular weight excluding hydrogens is 224 g/mol. The van der Waals surface area contributed by atoms with Gasteiger partial charge in [-0.05, 0) is 38.3 Å². The van der Waals surface area contributed by atoms with Crippen LogP contribution in [-0.4, -0.2) is 29.6 Å². The van der Waals surface area contributed by atoms with Crippen molar-refractivity contribution in [1.82, 2.24) is 9.88 Å². The molecule has 3 heteroatoms. The number of ether oxygens (including phenoxy) is 1. The quantitative estimate of drug-likeness (QED) is 0.799. The van der Waals surface area contributed by atoms with Crippen LogP contribution in [0.2, 0.25) is 0 Å². The van der Waals surface area contributed by atoms with Crippen LogP contribution in [0.15, 0.2) is 18.3 Å². The van der Waals surface area contributed by atoms with Gasteiger partial charge < -0.3 is 4.74 Å². The van der Waals surface area contributed by atoms with Gasteiger partial charge >= 0.3 is 0 Å². The van der Waals surface area contributed by atoms with Gasteiger partial charge in [-0.25, -0.2) is 4.98 Å². The van der Waals surface area contributed by atoms with E-state index in [4.69, 9.17) is 4.74 Å². The molecule has 1 aliphatic heterocycles. The molecule has 0 aromatic carbocycles. The Morgan fingerprint density at radius 1 is 1.50 bits per heavy atom. The smallest absolute Gasteiger partial charge is 0.218 e. The van der Waals surface area contributed by atoms with Crippen LogP contribution in [0.25, 0.3) is 0 Å². The summed E-state index contributed by atoms with van der Waals surface area (Å²) >= 11 is 0. The first-order chi connectivity index (χ1) is 8.72. The monoisotopic (exact) mass is 248 g/mol. The number of hydrogen-bond donors (Lipinski definition) is 0. The molecule has 1 fully saturated rings. The van der Waals surface area contributed by atoms with E-state index in [-0.39, 0.29) is 0 Å². The molecule has 100 valence electrons. The van der Waals surface area contributed by atoms with Gasteiger partial charge in [-0.2, -0.15) is 0 Å². The zero-order valence-electron chi connectivity index (χ0n) is 11.7. The van der Waals surface area contributed by atoms with E-state index in [1.807, 2.05) is 19.2 Å². The molecule has 0 unspecified atom stereocenters. The maximum absolute atomic E-state index is 5.66. The van der Waals surface area contributed by atoms with Crippen molar-refractivity contribution in [2.24, 2.45) is 5.92 Å². The molecule has 0 N–H and O–H groups in total. The summed E-state index contributed by atoms with van der Waals surface area (Å²) in [5, 5.41) is 0. The van der Waals surface area contributed by atoms with E-state index in [1.165, 1.54) is 24.9 Å². The number of nitrogens with zero attached hydrogens (tertiary/aromatic N) is 2. The Morgan fingerprint density at radius 2 is 2.33 bits per heavy atom. The van der Waals surface area contributed by atoms with Crippen LogP contribution in [0, 0.1) is 5.92 Å². The van der Waals surface area contributed by atoms with Gasteiger partial charge in [0.05, 0.1) is 6.61 Å². The normalized spacial score (nSPS) is 20.6. The van der Waals surface area contributed by atoms with Gasteiger partial charge in [0.1, 0.15) is 0 Å². The van der Waals surface area contributed by atoms with Crippen molar-refractivity contribution >= 4 is 0 Å². The predicted octanol–water partition coefficient (Wildman–Crippen LogP) is 3.27. The summed E-state index contributed by atoms with van der Waals surface area (Å²) in [7, 11) is 0. The van der Waals surface area contributed by atoms with Crippen LogP contribution in [0.3, 0.4) is 0 Å². The van der Waals surface area contributed by atoms with Crippen molar-refractivity contribution in [3.05, 3.63) is 23.9 Å². The van der Waals surface area contributed by atoms with Gasteiger partial charge in [-0.3, -0.25) is 4.90 Å². The third-order valence-corrected chi connectivity index (χ3v) is 3.40. The molecular formula is C15H24N2O. The van der Waals surface area contributed by atoms with Crippen LogP contribution in [0.1, 0.15) is 45.2 Å². The summed E-state index contributed by atoms with van der Waals surface area (Å²) in [6.45, 7) is 9.61. The standard InChI is InChI=1S/C15H24N2O/c1-4-18-15-13(7-5-9-16-15)14-8-6-10-17(14)11-12(2)3/h5,7,9,12,14H,4,6,8,10-11H2,1-3H3/t14-/m1/s1. The minimum absolute atomic E-state index is 0.489. The summed E-state index contributed by atoms with van der Waals surface area (Å²) < 4.78 is 5.66. The second-order valence-corrected chi connectivity index (χ2v) is 5.38. The van der Waals surface area contributed by atoms with Gasteiger partial charge in [0.15, 0.2) is 0 Å². The Kier molecular flexibility index (Phi) is 4.59. The van der Waals surface area contributed by atoms with Crippen molar-refractivity contribution in [1.29, 1.82) is 0 Å². The number of likely N-dealkylation sites (tertiary alicyclic amines) is 1. The fourth-order valence-corrected chi connectivity index (χ4v) is 2.78. The fourth-order valence-electron chi connectivity index (χ4n) is 2.78. The molecule has 1 aromatic heterocycles. The molecule has 2 rings (SSSR count). The zero-order chi connectivity index (χ0) is 13.0. The summed E-state index contributed by atoms with van der Waals surface area (Å²) in [6.07, 6.45) is 4.31. The highest BCUT2D eigenvalue weighted by atomic mass is 16.5. The summed E-state index contributed by atoms with van der Waals surface area (Å²) in [4.78, 5) is 6.95. The maximum Gasteiger partial charge on any atom is 0.218 e. The van der Waals surface area contributed by atoms with Crippen LogP contribution in [0.5, 0.6) is 5.88 Å². The summed E-state index contributed by atoms with van der Waals surface area (Å²) in [5.74, 6) is 1.53. The van der Waals surface area contributed by atoms with E-state index in [2.05, 4.69) is 29.8 Å². The summed E-state index contributed by atoms with van der Waals surface area (Å²) in [6, 6.07) is 4.67. The van der Waals surface area contributed by atoms with E-state index in [0.717, 1.165) is 12.4 Å². The van der Waals surface area contributed by atoms with E-state index in [0.29, 0.717) is 18.6 Å². The first-order valence-electron chi connectivity index (χ1n) is 7.04. The molecule has 1 aliphatic rings. The Morgan fingerprint density at radius 3 is 3.06 bits per heavy atom. The van der Waals surface area contributed by atoms with Crippen molar-refractivity contribution in [2.45, 2.75) is 39.7 Å². The van der Waals surface area contributed by atoms with Gasteiger partial charge in [0.25, 0.3) is 0 Å². The third-order valence-electron chi connectivity index (χ3n) is 3.40. The van der Waals surface area contributed by atoms with Crippen LogP contribution < -0.4 is 4.74 Å². The molecule has 1 saturated heterocycles. The Labute approximate surface area is 110 Å². The van der Waals surface area contributed by atoms with Gasteiger partial charge in [0, 0.05) is 24.3 Å². The average Bonchev–Trinajstić information content (AvgIpc) is 2.77. The minimum atomic E-state index is 0.489. The molecule has 0 radical (unpaired) electrons. The lowest BCUT2D eigenvalue weighted by Gasteiger charge is -2.27. The number of aromatic nitrogens is 1. The fraction of sp³-hybridized carbons (Fsp3) is 0.667. The second-order valence-electron chi connectivity index (χ2n) is 5.38. The topological polar surface area (TPSA) is 25.4 Å². The van der Waals surface area contributed by atoms with Crippen LogP contribution in [0.4, 0.5) is 0 Å². The molecule has 0 saturated carbocycles. The van der Waals surface area contributed by atoms with Gasteiger partial charge in [-0.1, -0.05) is 19.9 Å². The molecule has 18 heavy (non-hydrogen) atoms. The van der Waals surface area contributed by atoms with Crippen molar-refractivity contribution in [3.8, 4) is 5.88 Å². The van der Waals surface area contributed by atoms with Crippen molar-refractivity contribution in [3.63, 3.8) is 0 Å². The molecule has 0 aliphatic carbocycles. The molecule has 1 aromatic rings. The molecule has 0 bridgehead atoms. The highest BCUT2D eigenvalue weighted by Crippen LogP contribution is 2.36. The van der Waals surface area contributed by atoms with Crippen LogP contribution >= 0.6 is 0 Å². The highest BCUT2D eigenvalue weighted by molar-refractivity contribution is 5.29. The minimum Gasteiger partial charge on any atom is -0.478 e. The molecule has 3 nitrogen and oxygen atoms in total. The first-order valence-corrected chi connectivity index (χ1v) is 7.04. The first kappa shape index (κ1) is 13.3. The Bertz CT molecular complexity index is 379. The molecule has 2 heterocycles. The molecule has 0 spiro atoms. The molecule has 1 atom stereocenters. The number of pyridine rings is 1. The average molecular weight is 248 g/mol. The lowest BCUT2D eigenvalue weighted by molar-refractivity contribution is 0.220. The maximum atomic E-state index is 5.66. The lowest BCUT2D eigenvalue weighted by atomic mass is 10.1. The van der Waals surface area contributed by atoms with Gasteiger partial charge in [-0.15, -0.1) is 0 Å². The Balaban J connectivity index is 2.18. The van der Waals surface area contributed by atoms with E-state index in [1.54, 1.807) is 0 Å². The van der Waals surface area contributed by atoms with Crippen molar-refractivity contribution < 1.29 is 4.74 Å². The highest BCUT2D eigenvalue weighted by Gasteiger charge is 2.28. The largest absolute Gasteiger partial charge is 0.478 e. The number of hydrogen-bond acceptors (Lipinski definition) is 3. The van der Waals surface area contributed by atoms with Crippen LogP contribution in [-0.2, 0) is 0 Å². The SMILES string of the molecule is CCOc1ncccc1[C@H]1CCCN1CC(C)C. The van der Waals surface area contributed by atoms with Crippen molar-refractivity contribution in [2.75, 3.05) is 19.7 Å².